The van der Waals surface area contributed by atoms with Crippen molar-refractivity contribution in [3.63, 3.8) is 0 Å². The Morgan fingerprint density at radius 3 is 1.46 bits per heavy atom. The summed E-state index contributed by atoms with van der Waals surface area (Å²) in [6.07, 6.45) is -5.07. The van der Waals surface area contributed by atoms with E-state index in [0.717, 1.165) is 4.90 Å². The summed E-state index contributed by atoms with van der Waals surface area (Å²) in [4.78, 5) is 210. The highest BCUT2D eigenvalue weighted by atomic mass is 16.4. The van der Waals surface area contributed by atoms with Crippen molar-refractivity contribution < 1.29 is 107 Å². The maximum atomic E-state index is 14.4. The first kappa shape index (κ1) is 76.7. The molecule has 500 valence electrons. The van der Waals surface area contributed by atoms with Gasteiger partial charge < -0.3 is 101 Å². The van der Waals surface area contributed by atoms with Crippen LogP contribution < -0.4 is 65.1 Å². The van der Waals surface area contributed by atoms with Crippen LogP contribution in [0.4, 0.5) is 0 Å². The molecule has 1 aliphatic rings. The van der Waals surface area contributed by atoms with E-state index in [2.05, 4.69) is 37.2 Å². The van der Waals surface area contributed by atoms with Gasteiger partial charge in [-0.2, -0.15) is 0 Å². The van der Waals surface area contributed by atoms with Crippen molar-refractivity contribution in [1.29, 1.82) is 0 Å². The van der Waals surface area contributed by atoms with Gasteiger partial charge in [-0.3, -0.25) is 71.9 Å². The molecule has 0 spiro atoms. The molecule has 1 saturated heterocycles. The lowest BCUT2D eigenvalue weighted by Crippen LogP contribution is -2.61. The Balaban J connectivity index is 2.44. The van der Waals surface area contributed by atoms with Crippen LogP contribution in [0, 0.1) is 11.8 Å². The quantitative estimate of drug-likeness (QED) is 0.0271. The van der Waals surface area contributed by atoms with Crippen molar-refractivity contribution in [2.45, 2.75) is 178 Å². The van der Waals surface area contributed by atoms with E-state index < -0.39 is 225 Å². The number of aliphatic hydroxyl groups excluding tert-OH is 1. The fraction of sp³-hybridized carbons (Fsp3) is 0.600. The number of carbonyl (C=O) groups excluding carboxylic acids is 11. The summed E-state index contributed by atoms with van der Waals surface area (Å²) >= 11 is 0. The average Bonchev–Trinajstić information content (AvgIpc) is 1.67. The van der Waals surface area contributed by atoms with Gasteiger partial charge in [-0.1, -0.05) is 58.0 Å². The summed E-state index contributed by atoms with van der Waals surface area (Å²) in [6.45, 7) is 5.12. The Hall–Kier alpha value is -9.38. The lowest BCUT2D eigenvalue weighted by Gasteiger charge is -2.31. The summed E-state index contributed by atoms with van der Waals surface area (Å²) in [5, 5.41) is 78.1. The number of nitrogens with one attached hydrogen (secondary N) is 9. The second-order valence-electron chi connectivity index (χ2n) is 22.0. The molecule has 1 aromatic rings. The monoisotopic (exact) mass is 1280 g/mol. The van der Waals surface area contributed by atoms with Crippen molar-refractivity contribution in [3.05, 3.63) is 35.9 Å². The van der Waals surface area contributed by atoms with Crippen LogP contribution in [-0.4, -0.2) is 217 Å². The van der Waals surface area contributed by atoms with E-state index in [-0.39, 0.29) is 38.8 Å². The van der Waals surface area contributed by atoms with Crippen LogP contribution in [0.25, 0.3) is 0 Å². The van der Waals surface area contributed by atoms with Crippen molar-refractivity contribution in [2.24, 2.45) is 29.0 Å². The highest BCUT2D eigenvalue weighted by Gasteiger charge is 2.42. The Morgan fingerprint density at radius 2 is 0.989 bits per heavy atom. The zero-order valence-electron chi connectivity index (χ0n) is 50.1. The Labute approximate surface area is 515 Å². The number of carboxylic acids is 5. The number of nitrogens with zero attached hydrogens (tertiary/aromatic N) is 1. The SMILES string of the molecule is CC(C)C[C@H](NC(=O)[C@H](CC(=O)O)NC(=O)[C@H](CC(=O)O)NC(=O)[C@@H](N)CCC(=O)O)C(=O)N[C@@H](CO)C(=O)N[C@@H](CC(=O)O)C(=O)N[C@@H](Cc1ccccc1)C(=O)N[C@@H](CC(N)=O)C(=O)N1CCC[C@H]1C(=O)N[C@@H](CCCCN)C(=O)N[C@H](C(=O)O)C(C)C. The van der Waals surface area contributed by atoms with Gasteiger partial charge in [0.15, 0.2) is 0 Å². The summed E-state index contributed by atoms with van der Waals surface area (Å²) < 4.78 is 0. The van der Waals surface area contributed by atoms with Crippen molar-refractivity contribution in [1.82, 2.24) is 52.8 Å². The highest BCUT2D eigenvalue weighted by Crippen LogP contribution is 2.21. The van der Waals surface area contributed by atoms with Gasteiger partial charge in [-0.05, 0) is 68.9 Å². The van der Waals surface area contributed by atoms with E-state index >= 15 is 0 Å². The Bertz CT molecular complexity index is 2750. The van der Waals surface area contributed by atoms with Crippen molar-refractivity contribution >= 4 is 94.8 Å². The number of unbranched alkanes of at least 4 members (excludes halogenated alkanes) is 1. The predicted octanol–water partition coefficient (Wildman–Crippen LogP) is -6.02. The third-order valence-electron chi connectivity index (χ3n) is 13.8. The molecule has 0 aromatic heterocycles. The smallest absolute Gasteiger partial charge is 0.326 e. The number of aliphatic carboxylic acids is 5. The number of hydrogen-bond acceptors (Lipinski definition) is 19. The van der Waals surface area contributed by atoms with Crippen LogP contribution in [0.1, 0.15) is 110 Å². The number of aliphatic hydroxyl groups is 1. The van der Waals surface area contributed by atoms with Gasteiger partial charge in [0, 0.05) is 19.4 Å². The molecule has 0 saturated carbocycles. The maximum Gasteiger partial charge on any atom is 0.326 e. The van der Waals surface area contributed by atoms with Gasteiger partial charge in [0.2, 0.25) is 65.0 Å². The van der Waals surface area contributed by atoms with Gasteiger partial charge in [0.05, 0.1) is 38.3 Å². The van der Waals surface area contributed by atoms with E-state index in [1.54, 1.807) is 45.9 Å². The second-order valence-corrected chi connectivity index (χ2v) is 22.0. The van der Waals surface area contributed by atoms with Crippen molar-refractivity contribution in [2.75, 3.05) is 19.7 Å². The minimum atomic E-state index is -2.12. The zero-order valence-corrected chi connectivity index (χ0v) is 50.1. The first-order chi connectivity index (χ1) is 42.2. The minimum absolute atomic E-state index is 0.0306. The average molecular weight is 1280 g/mol. The van der Waals surface area contributed by atoms with Crippen LogP contribution in [-0.2, 0) is 83.1 Å². The van der Waals surface area contributed by atoms with Crippen LogP contribution in [0.15, 0.2) is 30.3 Å². The molecule has 35 heteroatoms. The van der Waals surface area contributed by atoms with Crippen LogP contribution in [0.2, 0.25) is 0 Å². The number of carboxylic acid groups (broad SMARTS) is 5. The van der Waals surface area contributed by atoms with Gasteiger partial charge in [0.25, 0.3) is 0 Å². The van der Waals surface area contributed by atoms with Crippen LogP contribution in [0.5, 0.6) is 0 Å². The van der Waals surface area contributed by atoms with E-state index in [1.807, 2.05) is 10.6 Å². The first-order valence-corrected chi connectivity index (χ1v) is 28.7. The number of likely N-dealkylation sites (tertiary alicyclic amines) is 1. The topological polar surface area (TPSA) is 584 Å². The Kier molecular flexibility index (Phi) is 32.5. The van der Waals surface area contributed by atoms with Gasteiger partial charge in [-0.25, -0.2) is 4.79 Å². The summed E-state index contributed by atoms with van der Waals surface area (Å²) in [5.41, 5.74) is 17.2. The number of primary amides is 1. The number of benzene rings is 1. The first-order valence-electron chi connectivity index (χ1n) is 28.7. The molecule has 0 aliphatic carbocycles. The number of rotatable bonds is 41. The van der Waals surface area contributed by atoms with E-state index in [4.69, 9.17) is 22.3 Å². The van der Waals surface area contributed by atoms with Gasteiger partial charge >= 0.3 is 29.8 Å². The molecule has 35 nitrogen and oxygen atoms in total. The summed E-state index contributed by atoms with van der Waals surface area (Å²) in [7, 11) is 0. The molecule has 11 atom stereocenters. The third-order valence-corrected chi connectivity index (χ3v) is 13.8. The molecule has 1 fully saturated rings. The van der Waals surface area contributed by atoms with E-state index in [0.29, 0.717) is 18.4 Å². The molecule has 2 rings (SSSR count). The standard InChI is InChI=1S/C55H83N13O22/c1-26(2)19-31(61-50(84)34(23-42(75)76)63-49(83)33(22-41(73)74)60-45(79)29(57)15-16-40(71)72)47(81)66-37(25-69)52(86)64-35(24-43(77)78)51(85)62-32(20-28-11-6-5-7-12-28)48(82)65-36(21-39(58)70)54(88)68-18-10-14-38(68)53(87)59-30(13-8-9-17-56)46(80)67-44(27(3)4)55(89)90/h5-7,11-12,26-27,29-38,44,69H,8-10,13-25,56-57H2,1-4H3,(H2,58,70)(H,59,87)(H,60,79)(H,61,84)(H,62,85)(H,63,83)(H,64,86)(H,65,82)(H,66,81)(H,67,80)(H,71,72)(H,73,74)(H,75,76)(H,77,78)(H,89,90)/t29-,30-,31-,32-,33-,34-,35-,36-,37-,38-,44-/m0/s1. The second kappa shape index (κ2) is 38.1. The number of hydrogen-bond donors (Lipinski definition) is 18. The van der Waals surface area contributed by atoms with E-state index in [9.17, 15) is 102 Å². The molecule has 0 bridgehead atoms. The fourth-order valence-electron chi connectivity index (χ4n) is 9.13. The zero-order chi connectivity index (χ0) is 68.1. The number of carbonyl (C=O) groups is 16. The third kappa shape index (κ3) is 26.9. The molecular weight excluding hydrogens is 1190 g/mol. The van der Waals surface area contributed by atoms with Crippen LogP contribution in [0.3, 0.4) is 0 Å². The summed E-state index contributed by atoms with van der Waals surface area (Å²) in [6, 6.07) is -11.2. The van der Waals surface area contributed by atoms with Crippen LogP contribution >= 0.6 is 0 Å². The molecule has 1 aliphatic heterocycles. The highest BCUT2D eigenvalue weighted by molar-refractivity contribution is 6.01. The number of amides is 11. The molecular formula is C55H83N13O22. The number of nitrogens with two attached hydrogens (primary N) is 3. The molecule has 1 aromatic carbocycles. The molecule has 0 radical (unpaired) electrons. The molecule has 0 unspecified atom stereocenters. The normalized spacial score (nSPS) is 16.1. The fourth-order valence-corrected chi connectivity index (χ4v) is 9.13. The lowest BCUT2D eigenvalue weighted by molar-refractivity contribution is -0.144. The molecule has 21 N–H and O–H groups in total. The largest absolute Gasteiger partial charge is 0.481 e. The maximum absolute atomic E-state index is 14.4. The summed E-state index contributed by atoms with van der Waals surface area (Å²) in [5.74, 6) is -21.7. The lowest BCUT2D eigenvalue weighted by atomic mass is 10.0. The predicted molar refractivity (Wildman–Crippen MR) is 310 cm³/mol. The van der Waals surface area contributed by atoms with Gasteiger partial charge in [-0.15, -0.1) is 0 Å². The Morgan fingerprint density at radius 1 is 0.533 bits per heavy atom. The molecule has 1 heterocycles. The minimum Gasteiger partial charge on any atom is -0.481 e. The van der Waals surface area contributed by atoms with Gasteiger partial charge in [0.1, 0.15) is 60.4 Å². The molecule has 90 heavy (non-hydrogen) atoms. The molecule has 11 amide bonds. The van der Waals surface area contributed by atoms with E-state index in [1.165, 1.54) is 12.1 Å². The van der Waals surface area contributed by atoms with Crippen molar-refractivity contribution in [3.8, 4) is 0 Å².